The minimum absolute atomic E-state index is 0.0420. The van der Waals surface area contributed by atoms with Gasteiger partial charge in [0.25, 0.3) is 5.91 Å². The molecule has 6 nitrogen and oxygen atoms in total. The molecule has 1 fully saturated rings. The average Bonchev–Trinajstić information content (AvgIpc) is 3.03. The fourth-order valence-corrected chi connectivity index (χ4v) is 3.51. The van der Waals surface area contributed by atoms with Crippen LogP contribution in [0.25, 0.3) is 0 Å². The maximum Gasteiger partial charge on any atom is 0.255 e. The number of hydrogen-bond acceptors (Lipinski definition) is 3. The van der Waals surface area contributed by atoms with Crippen molar-refractivity contribution in [1.82, 2.24) is 14.8 Å². The molecule has 2 aromatic rings. The van der Waals surface area contributed by atoms with Crippen LogP contribution in [-0.4, -0.2) is 59.9 Å². The third-order valence-corrected chi connectivity index (χ3v) is 5.06. The molecule has 6 heteroatoms. The summed E-state index contributed by atoms with van der Waals surface area (Å²) in [6, 6.07) is 9.70. The van der Waals surface area contributed by atoms with Crippen molar-refractivity contribution in [2.45, 2.75) is 26.7 Å². The summed E-state index contributed by atoms with van der Waals surface area (Å²) in [5, 5.41) is 0. The van der Waals surface area contributed by atoms with Crippen LogP contribution in [0, 0.1) is 13.8 Å². The van der Waals surface area contributed by atoms with Gasteiger partial charge in [0, 0.05) is 44.0 Å². The van der Waals surface area contributed by atoms with Crippen LogP contribution in [0.1, 0.15) is 33.7 Å². The van der Waals surface area contributed by atoms with Gasteiger partial charge in [0.2, 0.25) is 5.91 Å². The van der Waals surface area contributed by atoms with Crippen molar-refractivity contribution in [2.24, 2.45) is 0 Å². The first kappa shape index (κ1) is 19.0. The fraction of sp³-hybridized carbons (Fsp3) is 0.429. The van der Waals surface area contributed by atoms with Crippen LogP contribution in [-0.2, 0) is 11.2 Å². The largest absolute Gasteiger partial charge is 0.497 e. The molecule has 27 heavy (non-hydrogen) atoms. The summed E-state index contributed by atoms with van der Waals surface area (Å²) in [6.45, 7) is 6.19. The number of carbonyl (C=O) groups is 2. The van der Waals surface area contributed by atoms with E-state index in [-0.39, 0.29) is 11.8 Å². The summed E-state index contributed by atoms with van der Waals surface area (Å²) in [4.78, 5) is 32.1. The van der Waals surface area contributed by atoms with Crippen molar-refractivity contribution in [1.29, 1.82) is 0 Å². The van der Waals surface area contributed by atoms with Crippen LogP contribution in [0.5, 0.6) is 5.75 Å². The Morgan fingerprint density at radius 3 is 2.41 bits per heavy atom. The number of carbonyl (C=O) groups excluding carboxylic acids is 2. The Bertz CT molecular complexity index is 820. The van der Waals surface area contributed by atoms with Gasteiger partial charge >= 0.3 is 0 Å². The Hall–Kier alpha value is -2.76. The molecule has 0 aliphatic carbocycles. The maximum atomic E-state index is 12.7. The Balaban J connectivity index is 1.50. The normalized spacial score (nSPS) is 14.3. The molecule has 1 aliphatic heterocycles. The lowest BCUT2D eigenvalue weighted by atomic mass is 10.1. The van der Waals surface area contributed by atoms with Crippen LogP contribution < -0.4 is 4.74 Å². The van der Waals surface area contributed by atoms with E-state index in [0.717, 1.165) is 28.3 Å². The number of aromatic nitrogens is 1. The van der Waals surface area contributed by atoms with Crippen LogP contribution >= 0.6 is 0 Å². The van der Waals surface area contributed by atoms with Crippen molar-refractivity contribution >= 4 is 11.8 Å². The second kappa shape index (κ2) is 8.29. The van der Waals surface area contributed by atoms with Crippen LogP contribution in [0.4, 0.5) is 0 Å². The highest BCUT2D eigenvalue weighted by Crippen LogP contribution is 2.16. The van der Waals surface area contributed by atoms with Gasteiger partial charge in [0.1, 0.15) is 5.75 Å². The Labute approximate surface area is 160 Å². The molecular formula is C21H27N3O3. The number of amides is 2. The Morgan fingerprint density at radius 2 is 1.78 bits per heavy atom. The molecule has 144 valence electrons. The first-order valence-electron chi connectivity index (χ1n) is 9.34. The third kappa shape index (κ3) is 4.51. The number of benzene rings is 1. The minimum Gasteiger partial charge on any atom is -0.497 e. The van der Waals surface area contributed by atoms with E-state index in [9.17, 15) is 9.59 Å². The number of nitrogens with one attached hydrogen (secondary N) is 1. The molecule has 0 saturated carbocycles. The van der Waals surface area contributed by atoms with Gasteiger partial charge in [-0.2, -0.15) is 0 Å². The summed E-state index contributed by atoms with van der Waals surface area (Å²) >= 11 is 0. The van der Waals surface area contributed by atoms with E-state index in [1.165, 1.54) is 0 Å². The standard InChI is InChI=1S/C21H27N3O3/c1-15-13-19(16(2)22-15)21(26)24-11-9-23(10-12-24)20(25)8-7-17-5-4-6-18(14-17)27-3/h4-6,13-14,22H,7-12H2,1-3H3. The molecule has 3 rings (SSSR count). The molecule has 1 aromatic heterocycles. The van der Waals surface area contributed by atoms with Gasteiger partial charge in [-0.15, -0.1) is 0 Å². The molecule has 1 N–H and O–H groups in total. The predicted octanol–water partition coefficient (Wildman–Crippen LogP) is 2.56. The van der Waals surface area contributed by atoms with E-state index in [1.54, 1.807) is 7.11 Å². The van der Waals surface area contributed by atoms with E-state index in [4.69, 9.17) is 4.74 Å². The number of hydrogen-bond donors (Lipinski definition) is 1. The van der Waals surface area contributed by atoms with Crippen molar-refractivity contribution in [3.05, 3.63) is 52.8 Å². The van der Waals surface area contributed by atoms with Crippen molar-refractivity contribution < 1.29 is 14.3 Å². The molecule has 2 heterocycles. The Morgan fingerprint density at radius 1 is 1.07 bits per heavy atom. The van der Waals surface area contributed by atoms with Crippen molar-refractivity contribution in [2.75, 3.05) is 33.3 Å². The highest BCUT2D eigenvalue weighted by Gasteiger charge is 2.26. The van der Waals surface area contributed by atoms with Gasteiger partial charge in [-0.3, -0.25) is 9.59 Å². The van der Waals surface area contributed by atoms with Crippen molar-refractivity contribution in [3.8, 4) is 5.75 Å². The van der Waals surface area contributed by atoms with Gasteiger partial charge in [-0.25, -0.2) is 0 Å². The minimum atomic E-state index is 0.0420. The van der Waals surface area contributed by atoms with E-state index in [0.29, 0.717) is 39.0 Å². The number of nitrogens with zero attached hydrogens (tertiary/aromatic N) is 2. The molecule has 0 spiro atoms. The number of rotatable bonds is 5. The molecule has 1 aliphatic rings. The van der Waals surface area contributed by atoms with E-state index >= 15 is 0 Å². The molecule has 0 bridgehead atoms. The monoisotopic (exact) mass is 369 g/mol. The van der Waals surface area contributed by atoms with E-state index in [2.05, 4.69) is 4.98 Å². The first-order valence-corrected chi connectivity index (χ1v) is 9.34. The highest BCUT2D eigenvalue weighted by atomic mass is 16.5. The van der Waals surface area contributed by atoms with Crippen LogP contribution in [0.3, 0.4) is 0 Å². The lowest BCUT2D eigenvalue weighted by Crippen LogP contribution is -2.50. The first-order chi connectivity index (χ1) is 13.0. The second-order valence-electron chi connectivity index (χ2n) is 7.02. The zero-order valence-corrected chi connectivity index (χ0v) is 16.2. The third-order valence-electron chi connectivity index (χ3n) is 5.06. The lowest BCUT2D eigenvalue weighted by Gasteiger charge is -2.35. The molecule has 0 unspecified atom stereocenters. The topological polar surface area (TPSA) is 65.6 Å². The second-order valence-corrected chi connectivity index (χ2v) is 7.02. The molecule has 0 radical (unpaired) electrons. The van der Waals surface area contributed by atoms with Gasteiger partial charge < -0.3 is 19.5 Å². The van der Waals surface area contributed by atoms with Crippen LogP contribution in [0.2, 0.25) is 0 Å². The summed E-state index contributed by atoms with van der Waals surface area (Å²) in [5.74, 6) is 0.987. The summed E-state index contributed by atoms with van der Waals surface area (Å²) in [5.41, 5.74) is 3.71. The van der Waals surface area contributed by atoms with Gasteiger partial charge in [-0.05, 0) is 44.0 Å². The molecule has 0 atom stereocenters. The highest BCUT2D eigenvalue weighted by molar-refractivity contribution is 5.95. The molecule has 1 saturated heterocycles. The van der Waals surface area contributed by atoms with Gasteiger partial charge in [0.15, 0.2) is 0 Å². The number of aryl methyl sites for hydroxylation is 3. The Kier molecular flexibility index (Phi) is 5.84. The predicted molar refractivity (Wildman–Crippen MR) is 104 cm³/mol. The number of ether oxygens (including phenoxy) is 1. The summed E-state index contributed by atoms with van der Waals surface area (Å²) < 4.78 is 5.22. The van der Waals surface area contributed by atoms with E-state index < -0.39 is 0 Å². The smallest absolute Gasteiger partial charge is 0.255 e. The fourth-order valence-electron chi connectivity index (χ4n) is 3.51. The number of aromatic amines is 1. The quantitative estimate of drug-likeness (QED) is 0.881. The number of H-pyrrole nitrogens is 1. The van der Waals surface area contributed by atoms with E-state index in [1.807, 2.05) is 54.0 Å². The van der Waals surface area contributed by atoms with Gasteiger partial charge in [-0.1, -0.05) is 12.1 Å². The summed E-state index contributed by atoms with van der Waals surface area (Å²) in [7, 11) is 1.64. The zero-order valence-electron chi connectivity index (χ0n) is 16.2. The molecular weight excluding hydrogens is 342 g/mol. The summed E-state index contributed by atoms with van der Waals surface area (Å²) in [6.07, 6.45) is 1.16. The van der Waals surface area contributed by atoms with Gasteiger partial charge in [0.05, 0.1) is 12.7 Å². The molecule has 1 aromatic carbocycles. The lowest BCUT2D eigenvalue weighted by molar-refractivity contribution is -0.132. The zero-order chi connectivity index (χ0) is 19.4. The maximum absolute atomic E-state index is 12.7. The van der Waals surface area contributed by atoms with Crippen LogP contribution in [0.15, 0.2) is 30.3 Å². The number of piperazine rings is 1. The average molecular weight is 369 g/mol. The number of methoxy groups -OCH3 is 1. The van der Waals surface area contributed by atoms with Crippen molar-refractivity contribution in [3.63, 3.8) is 0 Å². The SMILES string of the molecule is COc1cccc(CCC(=O)N2CCN(C(=O)c3cc(C)[nH]c3C)CC2)c1. The molecule has 2 amide bonds.